The molecule has 3 N–H and O–H groups in total. The summed E-state index contributed by atoms with van der Waals surface area (Å²) in [6.07, 6.45) is 1.21. The van der Waals surface area contributed by atoms with Crippen LogP contribution in [0.5, 0.6) is 11.6 Å². The van der Waals surface area contributed by atoms with Gasteiger partial charge in [-0.25, -0.2) is 15.2 Å². The number of hydrazine groups is 1. The molecule has 1 aromatic carbocycles. The number of non-ortho nitro benzene ring substituents is 1. The van der Waals surface area contributed by atoms with Crippen molar-refractivity contribution < 1.29 is 14.1 Å². The van der Waals surface area contributed by atoms with Crippen molar-refractivity contribution in [1.29, 1.82) is 0 Å². The van der Waals surface area contributed by atoms with E-state index in [9.17, 15) is 14.5 Å². The normalized spacial score (nSPS) is 10.2. The number of ether oxygens (including phenoxy) is 1. The monoisotopic (exact) mass is 299 g/mol. The van der Waals surface area contributed by atoms with Crippen LogP contribution in [0.4, 0.5) is 16.0 Å². The van der Waals surface area contributed by atoms with E-state index < -0.39 is 16.4 Å². The Morgan fingerprint density at radius 3 is 2.85 bits per heavy atom. The Hall–Kier alpha value is -2.52. The van der Waals surface area contributed by atoms with Gasteiger partial charge in [-0.1, -0.05) is 11.6 Å². The summed E-state index contributed by atoms with van der Waals surface area (Å²) in [6, 6.07) is 2.92. The second kappa shape index (κ2) is 5.63. The molecule has 20 heavy (non-hydrogen) atoms. The minimum atomic E-state index is -0.920. The number of hydrogen-bond acceptors (Lipinski definition) is 7. The number of nitro benzene ring substituents is 1. The van der Waals surface area contributed by atoms with E-state index in [0.717, 1.165) is 18.2 Å². The van der Waals surface area contributed by atoms with Gasteiger partial charge in [0, 0.05) is 6.07 Å². The van der Waals surface area contributed by atoms with Gasteiger partial charge in [0.15, 0.2) is 11.6 Å². The van der Waals surface area contributed by atoms with E-state index in [-0.39, 0.29) is 22.6 Å². The van der Waals surface area contributed by atoms with E-state index in [2.05, 4.69) is 15.4 Å². The molecule has 1 heterocycles. The van der Waals surface area contributed by atoms with Gasteiger partial charge in [0.05, 0.1) is 17.2 Å². The molecule has 0 aliphatic rings. The number of nitrogen functional groups attached to an aromatic ring is 1. The molecule has 0 radical (unpaired) electrons. The summed E-state index contributed by atoms with van der Waals surface area (Å²) >= 11 is 5.79. The number of nitrogens with two attached hydrogens (primary N) is 1. The van der Waals surface area contributed by atoms with Crippen LogP contribution in [0, 0.1) is 15.9 Å². The molecule has 0 aliphatic heterocycles. The summed E-state index contributed by atoms with van der Waals surface area (Å²) < 4.78 is 18.8. The average molecular weight is 300 g/mol. The van der Waals surface area contributed by atoms with Crippen molar-refractivity contribution in [2.75, 3.05) is 5.43 Å². The van der Waals surface area contributed by atoms with Crippen LogP contribution >= 0.6 is 11.6 Å². The third-order valence-electron chi connectivity index (χ3n) is 2.17. The minimum absolute atomic E-state index is 0.0201. The summed E-state index contributed by atoms with van der Waals surface area (Å²) in [4.78, 5) is 17.3. The van der Waals surface area contributed by atoms with Crippen LogP contribution in [0.2, 0.25) is 5.02 Å². The van der Waals surface area contributed by atoms with Crippen LogP contribution in [-0.4, -0.2) is 14.9 Å². The number of nitrogens with zero attached hydrogens (tertiary/aromatic N) is 3. The lowest BCUT2D eigenvalue weighted by Crippen LogP contribution is -2.10. The number of nitro groups is 1. The van der Waals surface area contributed by atoms with E-state index in [1.54, 1.807) is 0 Å². The molecule has 8 nitrogen and oxygen atoms in total. The van der Waals surface area contributed by atoms with Gasteiger partial charge in [-0.3, -0.25) is 15.5 Å². The zero-order valence-corrected chi connectivity index (χ0v) is 10.5. The first-order valence-electron chi connectivity index (χ1n) is 5.12. The van der Waals surface area contributed by atoms with Crippen molar-refractivity contribution in [3.8, 4) is 11.6 Å². The van der Waals surface area contributed by atoms with E-state index in [1.807, 2.05) is 0 Å². The Bertz CT molecular complexity index is 669. The highest BCUT2D eigenvalue weighted by molar-refractivity contribution is 6.31. The SMILES string of the molecule is NNc1ncc(Cl)c(Oc2ccc([N+](=O)[O-])cc2F)n1. The number of halogens is 2. The highest BCUT2D eigenvalue weighted by atomic mass is 35.5. The summed E-state index contributed by atoms with van der Waals surface area (Å²) in [5, 5.41) is 10.5. The average Bonchev–Trinajstić information content (AvgIpc) is 2.43. The lowest BCUT2D eigenvalue weighted by Gasteiger charge is -2.08. The number of benzene rings is 1. The number of anilines is 1. The third kappa shape index (κ3) is 2.90. The zero-order chi connectivity index (χ0) is 14.7. The highest BCUT2D eigenvalue weighted by Gasteiger charge is 2.14. The van der Waals surface area contributed by atoms with Gasteiger partial charge < -0.3 is 4.74 Å². The Labute approximate surface area is 116 Å². The van der Waals surface area contributed by atoms with Gasteiger partial charge in [-0.05, 0) is 6.07 Å². The quantitative estimate of drug-likeness (QED) is 0.505. The van der Waals surface area contributed by atoms with Crippen LogP contribution in [-0.2, 0) is 0 Å². The topological polar surface area (TPSA) is 116 Å². The Kier molecular flexibility index (Phi) is 3.91. The molecular weight excluding hydrogens is 293 g/mol. The second-order valence-corrected chi connectivity index (χ2v) is 3.87. The van der Waals surface area contributed by atoms with Crippen molar-refractivity contribution in [3.63, 3.8) is 0 Å². The van der Waals surface area contributed by atoms with Gasteiger partial charge in [0.25, 0.3) is 5.69 Å². The predicted octanol–water partition coefficient (Wildman–Crippen LogP) is 2.26. The molecule has 1 aromatic heterocycles. The number of rotatable bonds is 4. The Morgan fingerprint density at radius 2 is 2.25 bits per heavy atom. The first kappa shape index (κ1) is 13.9. The molecule has 0 amide bonds. The Balaban J connectivity index is 2.32. The fraction of sp³-hybridized carbons (Fsp3) is 0. The van der Waals surface area contributed by atoms with E-state index in [4.69, 9.17) is 22.2 Å². The van der Waals surface area contributed by atoms with Crippen molar-refractivity contribution in [2.24, 2.45) is 5.84 Å². The van der Waals surface area contributed by atoms with Gasteiger partial charge in [0.2, 0.25) is 11.8 Å². The first-order chi connectivity index (χ1) is 9.51. The van der Waals surface area contributed by atoms with E-state index in [0.29, 0.717) is 0 Å². The largest absolute Gasteiger partial charge is 0.434 e. The molecular formula is C10H7ClFN5O3. The maximum atomic E-state index is 13.7. The molecule has 0 saturated carbocycles. The van der Waals surface area contributed by atoms with Gasteiger partial charge in [-0.2, -0.15) is 4.98 Å². The van der Waals surface area contributed by atoms with Crippen LogP contribution in [0.1, 0.15) is 0 Å². The lowest BCUT2D eigenvalue weighted by atomic mass is 10.3. The van der Waals surface area contributed by atoms with Crippen LogP contribution in [0.15, 0.2) is 24.4 Å². The molecule has 0 spiro atoms. The Morgan fingerprint density at radius 1 is 1.50 bits per heavy atom. The third-order valence-corrected chi connectivity index (χ3v) is 2.43. The van der Waals surface area contributed by atoms with Crippen molar-refractivity contribution in [2.45, 2.75) is 0 Å². The molecule has 0 aliphatic carbocycles. The second-order valence-electron chi connectivity index (χ2n) is 3.46. The molecule has 104 valence electrons. The van der Waals surface area contributed by atoms with E-state index >= 15 is 0 Å². The number of nitrogens with one attached hydrogen (secondary N) is 1. The van der Waals surface area contributed by atoms with Gasteiger partial charge >= 0.3 is 0 Å². The highest BCUT2D eigenvalue weighted by Crippen LogP contribution is 2.30. The molecule has 0 saturated heterocycles. The minimum Gasteiger partial charge on any atom is -0.434 e. The van der Waals surface area contributed by atoms with E-state index in [1.165, 1.54) is 6.20 Å². The van der Waals surface area contributed by atoms with Crippen molar-refractivity contribution >= 4 is 23.2 Å². The maximum absolute atomic E-state index is 13.7. The van der Waals surface area contributed by atoms with Crippen molar-refractivity contribution in [3.05, 3.63) is 45.4 Å². The van der Waals surface area contributed by atoms with Gasteiger partial charge in [-0.15, -0.1) is 0 Å². The molecule has 0 bridgehead atoms. The lowest BCUT2D eigenvalue weighted by molar-refractivity contribution is -0.385. The molecule has 0 atom stereocenters. The maximum Gasteiger partial charge on any atom is 0.272 e. The zero-order valence-electron chi connectivity index (χ0n) is 9.71. The summed E-state index contributed by atoms with van der Waals surface area (Å²) in [5.41, 5.74) is 1.78. The fourth-order valence-electron chi connectivity index (χ4n) is 1.28. The number of aromatic nitrogens is 2. The van der Waals surface area contributed by atoms with Crippen molar-refractivity contribution in [1.82, 2.24) is 9.97 Å². The summed E-state index contributed by atoms with van der Waals surface area (Å²) in [5.74, 6) is 3.82. The first-order valence-corrected chi connectivity index (χ1v) is 5.50. The molecule has 2 rings (SSSR count). The summed E-state index contributed by atoms with van der Waals surface area (Å²) in [7, 11) is 0. The molecule has 2 aromatic rings. The molecule has 0 fully saturated rings. The van der Waals surface area contributed by atoms with Crippen LogP contribution in [0.25, 0.3) is 0 Å². The smallest absolute Gasteiger partial charge is 0.272 e. The van der Waals surface area contributed by atoms with Crippen LogP contribution in [0.3, 0.4) is 0 Å². The molecule has 0 unspecified atom stereocenters. The fourth-order valence-corrected chi connectivity index (χ4v) is 1.41. The predicted molar refractivity (Wildman–Crippen MR) is 68.0 cm³/mol. The van der Waals surface area contributed by atoms with Gasteiger partial charge in [0.1, 0.15) is 5.02 Å². The molecule has 10 heteroatoms. The number of hydrogen-bond donors (Lipinski definition) is 2. The van der Waals surface area contributed by atoms with Crippen LogP contribution < -0.4 is 16.0 Å². The standard InChI is InChI=1S/C10H7ClFN5O3/c11-6-4-14-10(16-13)15-9(6)20-8-2-1-5(17(18)19)3-7(8)12/h1-4H,13H2,(H,14,15,16). The summed E-state index contributed by atoms with van der Waals surface area (Å²) in [6.45, 7) is 0.